The monoisotopic (exact) mass is 170 g/mol. The fourth-order valence-corrected chi connectivity index (χ4v) is 1.02. The van der Waals surface area contributed by atoms with E-state index in [2.05, 4.69) is 0 Å². The Morgan fingerprint density at radius 3 is 2.42 bits per heavy atom. The number of unbranched alkanes of at least 4 members (excludes halogenated alkanes) is 1. The second-order valence-corrected chi connectivity index (χ2v) is 3.42. The van der Waals surface area contributed by atoms with Gasteiger partial charge in [-0.2, -0.15) is 0 Å². The summed E-state index contributed by atoms with van der Waals surface area (Å²) in [4.78, 5) is 10.7. The van der Waals surface area contributed by atoms with Crippen LogP contribution in [0.25, 0.3) is 0 Å². The van der Waals surface area contributed by atoms with Crippen LogP contribution < -0.4 is 0 Å². The Labute approximate surface area is 74.3 Å². The van der Waals surface area contributed by atoms with Crippen LogP contribution in [-0.4, -0.2) is 11.1 Å². The molecule has 1 N–H and O–H groups in total. The molecule has 0 aromatic heterocycles. The Bertz CT molecular complexity index is 169. The first-order valence-corrected chi connectivity index (χ1v) is 4.50. The Morgan fingerprint density at radius 1 is 1.50 bits per heavy atom. The van der Waals surface area contributed by atoms with Gasteiger partial charge in [-0.25, -0.2) is 4.79 Å². The lowest BCUT2D eigenvalue weighted by molar-refractivity contribution is -0.132. The normalized spacial score (nSPS) is 12.2. The highest BCUT2D eigenvalue weighted by Gasteiger charge is 2.07. The van der Waals surface area contributed by atoms with Crippen molar-refractivity contribution in [3.8, 4) is 0 Å². The van der Waals surface area contributed by atoms with Gasteiger partial charge in [-0.3, -0.25) is 0 Å². The van der Waals surface area contributed by atoms with Crippen LogP contribution >= 0.6 is 0 Å². The van der Waals surface area contributed by atoms with Gasteiger partial charge in [0.15, 0.2) is 0 Å². The molecule has 0 aromatic carbocycles. The SMILES string of the molecule is CCC/C=C(\CC(C)C)C(=O)O. The highest BCUT2D eigenvalue weighted by atomic mass is 16.4. The molecular formula is C10H18O2. The Morgan fingerprint density at radius 2 is 2.08 bits per heavy atom. The van der Waals surface area contributed by atoms with Crippen molar-refractivity contribution in [2.24, 2.45) is 5.92 Å². The van der Waals surface area contributed by atoms with E-state index >= 15 is 0 Å². The molecule has 0 bridgehead atoms. The van der Waals surface area contributed by atoms with Crippen molar-refractivity contribution < 1.29 is 9.90 Å². The largest absolute Gasteiger partial charge is 0.478 e. The van der Waals surface area contributed by atoms with E-state index in [1.165, 1.54) is 0 Å². The fraction of sp³-hybridized carbons (Fsp3) is 0.700. The molecule has 0 atom stereocenters. The van der Waals surface area contributed by atoms with E-state index in [0.717, 1.165) is 12.8 Å². The maximum atomic E-state index is 10.7. The van der Waals surface area contributed by atoms with Gasteiger partial charge >= 0.3 is 5.97 Å². The molecule has 0 fully saturated rings. The Balaban J connectivity index is 4.13. The van der Waals surface area contributed by atoms with Gasteiger partial charge in [-0.15, -0.1) is 0 Å². The first-order valence-electron chi connectivity index (χ1n) is 4.50. The van der Waals surface area contributed by atoms with Crippen molar-refractivity contribution in [3.05, 3.63) is 11.6 Å². The second kappa shape index (κ2) is 5.81. The molecular weight excluding hydrogens is 152 g/mol. The van der Waals surface area contributed by atoms with Gasteiger partial charge < -0.3 is 5.11 Å². The molecule has 0 heterocycles. The zero-order valence-electron chi connectivity index (χ0n) is 8.13. The summed E-state index contributed by atoms with van der Waals surface area (Å²) in [5.74, 6) is -0.346. The molecule has 12 heavy (non-hydrogen) atoms. The maximum absolute atomic E-state index is 10.7. The third kappa shape index (κ3) is 4.94. The molecule has 0 unspecified atom stereocenters. The van der Waals surface area contributed by atoms with Gasteiger partial charge in [-0.05, 0) is 18.8 Å². The molecule has 0 spiro atoms. The molecule has 0 saturated heterocycles. The van der Waals surface area contributed by atoms with Crippen molar-refractivity contribution in [2.75, 3.05) is 0 Å². The Hall–Kier alpha value is -0.790. The minimum atomic E-state index is -0.767. The zero-order chi connectivity index (χ0) is 9.56. The molecule has 70 valence electrons. The molecule has 0 saturated carbocycles. The van der Waals surface area contributed by atoms with E-state index < -0.39 is 5.97 Å². The van der Waals surface area contributed by atoms with E-state index in [0.29, 0.717) is 17.9 Å². The molecule has 2 heteroatoms. The third-order valence-corrected chi connectivity index (χ3v) is 1.58. The summed E-state index contributed by atoms with van der Waals surface area (Å²) >= 11 is 0. The van der Waals surface area contributed by atoms with Crippen LogP contribution in [0.3, 0.4) is 0 Å². The first-order chi connectivity index (χ1) is 5.57. The van der Waals surface area contributed by atoms with Gasteiger partial charge in [0.25, 0.3) is 0 Å². The molecule has 0 aliphatic carbocycles. The standard InChI is InChI=1S/C10H18O2/c1-4-5-6-9(10(11)12)7-8(2)3/h6,8H,4-5,7H2,1-3H3,(H,11,12)/b9-6+. The number of carboxylic acid groups (broad SMARTS) is 1. The van der Waals surface area contributed by atoms with Crippen LogP contribution in [0.1, 0.15) is 40.0 Å². The lowest BCUT2D eigenvalue weighted by Gasteiger charge is -2.04. The maximum Gasteiger partial charge on any atom is 0.331 e. The topological polar surface area (TPSA) is 37.3 Å². The predicted molar refractivity (Wildman–Crippen MR) is 50.1 cm³/mol. The minimum Gasteiger partial charge on any atom is -0.478 e. The van der Waals surface area contributed by atoms with Gasteiger partial charge in [0.05, 0.1) is 0 Å². The van der Waals surface area contributed by atoms with Crippen LogP contribution in [0, 0.1) is 5.92 Å². The molecule has 0 aliphatic rings. The van der Waals surface area contributed by atoms with Crippen LogP contribution in [-0.2, 0) is 4.79 Å². The zero-order valence-corrected chi connectivity index (χ0v) is 8.13. The highest BCUT2D eigenvalue weighted by molar-refractivity contribution is 5.86. The predicted octanol–water partition coefficient (Wildman–Crippen LogP) is 2.84. The number of allylic oxidation sites excluding steroid dienone is 1. The van der Waals surface area contributed by atoms with Crippen LogP contribution in [0.2, 0.25) is 0 Å². The minimum absolute atomic E-state index is 0.421. The average Bonchev–Trinajstić information content (AvgIpc) is 1.96. The number of hydrogen-bond acceptors (Lipinski definition) is 1. The average molecular weight is 170 g/mol. The molecule has 0 radical (unpaired) electrons. The number of hydrogen-bond donors (Lipinski definition) is 1. The summed E-state index contributed by atoms with van der Waals surface area (Å²) in [5, 5.41) is 8.78. The van der Waals surface area contributed by atoms with Crippen molar-refractivity contribution in [3.63, 3.8) is 0 Å². The second-order valence-electron chi connectivity index (χ2n) is 3.42. The van der Waals surface area contributed by atoms with Gasteiger partial charge in [0, 0.05) is 5.57 Å². The van der Waals surface area contributed by atoms with Crippen molar-refractivity contribution >= 4 is 5.97 Å². The van der Waals surface area contributed by atoms with E-state index in [1.54, 1.807) is 0 Å². The summed E-state index contributed by atoms with van der Waals surface area (Å²) in [7, 11) is 0. The number of carboxylic acids is 1. The summed E-state index contributed by atoms with van der Waals surface area (Å²) in [6, 6.07) is 0. The number of aliphatic carboxylic acids is 1. The fourth-order valence-electron chi connectivity index (χ4n) is 1.02. The molecule has 0 aromatic rings. The first kappa shape index (κ1) is 11.2. The number of carbonyl (C=O) groups is 1. The van der Waals surface area contributed by atoms with Crippen LogP contribution in [0.4, 0.5) is 0 Å². The van der Waals surface area contributed by atoms with Gasteiger partial charge in [0.1, 0.15) is 0 Å². The van der Waals surface area contributed by atoms with E-state index in [1.807, 2.05) is 26.8 Å². The van der Waals surface area contributed by atoms with Crippen molar-refractivity contribution in [2.45, 2.75) is 40.0 Å². The highest BCUT2D eigenvalue weighted by Crippen LogP contribution is 2.11. The summed E-state index contributed by atoms with van der Waals surface area (Å²) in [6.45, 7) is 6.11. The van der Waals surface area contributed by atoms with Crippen molar-refractivity contribution in [1.82, 2.24) is 0 Å². The van der Waals surface area contributed by atoms with Gasteiger partial charge in [-0.1, -0.05) is 33.3 Å². The lowest BCUT2D eigenvalue weighted by Crippen LogP contribution is -2.03. The number of rotatable bonds is 5. The van der Waals surface area contributed by atoms with E-state index in [-0.39, 0.29) is 0 Å². The van der Waals surface area contributed by atoms with Gasteiger partial charge in [0.2, 0.25) is 0 Å². The van der Waals surface area contributed by atoms with E-state index in [4.69, 9.17) is 5.11 Å². The summed E-state index contributed by atoms with van der Waals surface area (Å²) < 4.78 is 0. The molecule has 2 nitrogen and oxygen atoms in total. The molecule has 0 rings (SSSR count). The van der Waals surface area contributed by atoms with Crippen molar-refractivity contribution in [1.29, 1.82) is 0 Å². The molecule has 0 amide bonds. The van der Waals surface area contributed by atoms with Crippen LogP contribution in [0.15, 0.2) is 11.6 Å². The van der Waals surface area contributed by atoms with E-state index in [9.17, 15) is 4.79 Å². The smallest absolute Gasteiger partial charge is 0.331 e. The lowest BCUT2D eigenvalue weighted by atomic mass is 10.0. The molecule has 0 aliphatic heterocycles. The summed E-state index contributed by atoms with van der Waals surface area (Å²) in [6.07, 6.45) is 4.39. The Kier molecular flexibility index (Phi) is 5.43. The third-order valence-electron chi connectivity index (χ3n) is 1.58. The van der Waals surface area contributed by atoms with Crippen LogP contribution in [0.5, 0.6) is 0 Å². The summed E-state index contributed by atoms with van der Waals surface area (Å²) in [5.41, 5.74) is 0.562. The quantitative estimate of drug-likeness (QED) is 0.644.